The number of hydrogen-bond acceptors (Lipinski definition) is 6. The Bertz CT molecular complexity index is 702. The second-order valence-electron chi connectivity index (χ2n) is 6.04. The molecule has 0 unspecified atom stereocenters. The van der Waals surface area contributed by atoms with Crippen molar-refractivity contribution in [1.82, 2.24) is 4.31 Å². The van der Waals surface area contributed by atoms with Crippen molar-refractivity contribution in [2.75, 3.05) is 24.5 Å². The van der Waals surface area contributed by atoms with Gasteiger partial charge in [0, 0.05) is 37.7 Å². The van der Waals surface area contributed by atoms with Gasteiger partial charge in [0.15, 0.2) is 0 Å². The minimum absolute atomic E-state index is 0.0364. The number of Topliss-reactive ketones (excluding diaryl/α,β-unsaturated/α-hetero) is 1. The van der Waals surface area contributed by atoms with Crippen molar-refractivity contribution in [3.63, 3.8) is 0 Å². The Balaban J connectivity index is 2.22. The van der Waals surface area contributed by atoms with Crippen LogP contribution in [0.2, 0.25) is 0 Å². The van der Waals surface area contributed by atoms with Gasteiger partial charge >= 0.3 is 0 Å². The average Bonchev–Trinajstić information content (AvgIpc) is 2.53. The van der Waals surface area contributed by atoms with E-state index in [4.69, 9.17) is 0 Å². The number of aliphatic carboxylic acids is 1. The fourth-order valence-corrected chi connectivity index (χ4v) is 4.23. The van der Waals surface area contributed by atoms with Crippen LogP contribution in [0.25, 0.3) is 0 Å². The van der Waals surface area contributed by atoms with Crippen molar-refractivity contribution < 1.29 is 23.1 Å². The summed E-state index contributed by atoms with van der Waals surface area (Å²) >= 11 is 0. The lowest BCUT2D eigenvalue weighted by Crippen LogP contribution is -2.45. The summed E-state index contributed by atoms with van der Waals surface area (Å²) in [5.74, 6) is -1.21. The standard InChI is InChI=1S/C16H22N2O5S/c1-12(2)18(11-16(20)21)24(22,23)15-5-3-13(4-6-15)17-9-7-14(19)8-10-17/h3-6,12H,7-11H2,1-2H3,(H,20,21)/p-1. The molecule has 0 aliphatic carbocycles. The van der Waals surface area contributed by atoms with Crippen LogP contribution in [0.5, 0.6) is 0 Å². The van der Waals surface area contributed by atoms with Crippen molar-refractivity contribution >= 4 is 27.5 Å². The van der Waals surface area contributed by atoms with Crippen LogP contribution in [-0.4, -0.2) is 50.2 Å². The number of carbonyl (C=O) groups is 2. The van der Waals surface area contributed by atoms with Crippen molar-refractivity contribution in [1.29, 1.82) is 0 Å². The Labute approximate surface area is 141 Å². The Hall–Kier alpha value is -1.93. The number of benzene rings is 1. The molecule has 8 heteroatoms. The molecule has 1 aromatic carbocycles. The van der Waals surface area contributed by atoms with Gasteiger partial charge in [0.05, 0.1) is 17.4 Å². The molecule has 1 aromatic rings. The van der Waals surface area contributed by atoms with Gasteiger partial charge in [-0.2, -0.15) is 4.31 Å². The molecule has 132 valence electrons. The highest BCUT2D eigenvalue weighted by Gasteiger charge is 2.27. The van der Waals surface area contributed by atoms with Crippen LogP contribution in [-0.2, 0) is 19.6 Å². The Kier molecular flexibility index (Phi) is 5.61. The third-order valence-electron chi connectivity index (χ3n) is 3.99. The highest BCUT2D eigenvalue weighted by Crippen LogP contribution is 2.23. The average molecular weight is 353 g/mol. The van der Waals surface area contributed by atoms with E-state index >= 15 is 0 Å². The van der Waals surface area contributed by atoms with E-state index in [1.54, 1.807) is 26.0 Å². The normalized spacial score (nSPS) is 16.0. The number of nitrogens with zero attached hydrogens (tertiary/aromatic N) is 2. The van der Waals surface area contributed by atoms with Gasteiger partial charge in [-0.25, -0.2) is 8.42 Å². The first-order valence-corrected chi connectivity index (χ1v) is 9.24. The van der Waals surface area contributed by atoms with E-state index in [1.807, 2.05) is 4.90 Å². The molecule has 24 heavy (non-hydrogen) atoms. The number of rotatable bonds is 6. The number of anilines is 1. The summed E-state index contributed by atoms with van der Waals surface area (Å²) < 4.78 is 26.1. The Morgan fingerprint density at radius 1 is 1.21 bits per heavy atom. The zero-order chi connectivity index (χ0) is 17.9. The number of piperidine rings is 1. The third kappa shape index (κ3) is 4.12. The second-order valence-corrected chi connectivity index (χ2v) is 7.93. The number of carboxylic acid groups (broad SMARTS) is 1. The molecule has 1 aliphatic heterocycles. The maximum atomic E-state index is 12.6. The summed E-state index contributed by atoms with van der Waals surface area (Å²) in [6, 6.07) is 5.79. The molecule has 7 nitrogen and oxygen atoms in total. The topological polar surface area (TPSA) is 97.8 Å². The zero-order valence-electron chi connectivity index (χ0n) is 13.8. The van der Waals surface area contributed by atoms with Gasteiger partial charge in [0.2, 0.25) is 10.0 Å². The molecule has 0 bridgehead atoms. The van der Waals surface area contributed by atoms with E-state index in [2.05, 4.69) is 0 Å². The van der Waals surface area contributed by atoms with E-state index in [9.17, 15) is 23.1 Å². The molecule has 0 N–H and O–H groups in total. The number of carbonyl (C=O) groups excluding carboxylic acids is 2. The summed E-state index contributed by atoms with van der Waals surface area (Å²) in [7, 11) is -3.91. The van der Waals surface area contributed by atoms with Crippen LogP contribution in [0.15, 0.2) is 29.2 Å². The van der Waals surface area contributed by atoms with Crippen LogP contribution in [0.1, 0.15) is 26.7 Å². The number of hydrogen-bond donors (Lipinski definition) is 0. The van der Waals surface area contributed by atoms with Gasteiger partial charge in [0.25, 0.3) is 0 Å². The Morgan fingerprint density at radius 3 is 2.21 bits per heavy atom. The summed E-state index contributed by atoms with van der Waals surface area (Å²) in [4.78, 5) is 24.2. The molecule has 1 saturated heterocycles. The molecule has 0 saturated carbocycles. The molecule has 1 fully saturated rings. The minimum atomic E-state index is -3.91. The fourth-order valence-electron chi connectivity index (χ4n) is 2.65. The van der Waals surface area contributed by atoms with E-state index < -0.39 is 28.6 Å². The van der Waals surface area contributed by atoms with E-state index in [0.29, 0.717) is 25.9 Å². The monoisotopic (exact) mass is 353 g/mol. The molecular formula is C16H21N2O5S-. The molecule has 2 rings (SSSR count). The van der Waals surface area contributed by atoms with E-state index in [0.717, 1.165) is 9.99 Å². The lowest BCUT2D eigenvalue weighted by Gasteiger charge is -2.29. The minimum Gasteiger partial charge on any atom is -0.549 e. The summed E-state index contributed by atoms with van der Waals surface area (Å²) in [6.45, 7) is 3.77. The molecule has 0 spiro atoms. The number of carboxylic acids is 1. The maximum Gasteiger partial charge on any atom is 0.243 e. The molecule has 0 amide bonds. The van der Waals surface area contributed by atoms with Gasteiger partial charge in [-0.15, -0.1) is 0 Å². The quantitative estimate of drug-likeness (QED) is 0.714. The van der Waals surface area contributed by atoms with Gasteiger partial charge in [-0.1, -0.05) is 0 Å². The van der Waals surface area contributed by atoms with Crippen molar-refractivity contribution in [2.24, 2.45) is 0 Å². The van der Waals surface area contributed by atoms with E-state index in [1.165, 1.54) is 12.1 Å². The van der Waals surface area contributed by atoms with Gasteiger partial charge in [-0.3, -0.25) is 4.79 Å². The van der Waals surface area contributed by atoms with Crippen LogP contribution in [0.4, 0.5) is 5.69 Å². The van der Waals surface area contributed by atoms with Crippen molar-refractivity contribution in [3.8, 4) is 0 Å². The first-order chi connectivity index (χ1) is 11.2. The molecular weight excluding hydrogens is 332 g/mol. The fraction of sp³-hybridized carbons (Fsp3) is 0.500. The first kappa shape index (κ1) is 18.4. The summed E-state index contributed by atoms with van der Waals surface area (Å²) in [5.41, 5.74) is 0.845. The lowest BCUT2D eigenvalue weighted by atomic mass is 10.1. The second kappa shape index (κ2) is 7.31. The predicted molar refractivity (Wildman–Crippen MR) is 86.9 cm³/mol. The van der Waals surface area contributed by atoms with Gasteiger partial charge in [0.1, 0.15) is 5.78 Å². The van der Waals surface area contributed by atoms with Crippen LogP contribution < -0.4 is 10.0 Å². The molecule has 1 heterocycles. The predicted octanol–water partition coefficient (Wildman–Crippen LogP) is 0.00490. The smallest absolute Gasteiger partial charge is 0.243 e. The first-order valence-electron chi connectivity index (χ1n) is 7.80. The Morgan fingerprint density at radius 2 is 1.75 bits per heavy atom. The highest BCUT2D eigenvalue weighted by molar-refractivity contribution is 7.89. The van der Waals surface area contributed by atoms with Crippen molar-refractivity contribution in [2.45, 2.75) is 37.6 Å². The van der Waals surface area contributed by atoms with Crippen LogP contribution >= 0.6 is 0 Å². The largest absolute Gasteiger partial charge is 0.549 e. The maximum absolute atomic E-state index is 12.6. The summed E-state index contributed by atoms with van der Waals surface area (Å²) in [6.07, 6.45) is 0.986. The van der Waals surface area contributed by atoms with Gasteiger partial charge < -0.3 is 14.8 Å². The lowest BCUT2D eigenvalue weighted by molar-refractivity contribution is -0.305. The molecule has 0 aromatic heterocycles. The summed E-state index contributed by atoms with van der Waals surface area (Å²) in [5, 5.41) is 10.8. The van der Waals surface area contributed by atoms with Gasteiger partial charge in [-0.05, 0) is 38.1 Å². The van der Waals surface area contributed by atoms with Crippen LogP contribution in [0.3, 0.4) is 0 Å². The number of sulfonamides is 1. The molecule has 0 radical (unpaired) electrons. The molecule has 1 aliphatic rings. The van der Waals surface area contributed by atoms with Crippen molar-refractivity contribution in [3.05, 3.63) is 24.3 Å². The molecule has 0 atom stereocenters. The van der Waals surface area contributed by atoms with E-state index in [-0.39, 0.29) is 10.7 Å². The highest BCUT2D eigenvalue weighted by atomic mass is 32.2. The zero-order valence-corrected chi connectivity index (χ0v) is 14.6. The van der Waals surface area contributed by atoms with Crippen LogP contribution in [0, 0.1) is 0 Å². The number of ketones is 1. The SMILES string of the molecule is CC(C)N(CC(=O)[O-])S(=O)(=O)c1ccc(N2CCC(=O)CC2)cc1. The third-order valence-corrected chi connectivity index (χ3v) is 6.03.